The van der Waals surface area contributed by atoms with Crippen LogP contribution in [0.1, 0.15) is 36.6 Å². The minimum absolute atomic E-state index is 0.216. The van der Waals surface area contributed by atoms with Crippen molar-refractivity contribution in [3.63, 3.8) is 0 Å². The van der Waals surface area contributed by atoms with Gasteiger partial charge in [0.15, 0.2) is 16.3 Å². The van der Waals surface area contributed by atoms with Crippen molar-refractivity contribution in [2.24, 2.45) is 4.99 Å². The molecule has 0 saturated heterocycles. The van der Waals surface area contributed by atoms with Crippen molar-refractivity contribution in [3.05, 3.63) is 136 Å². The zero-order valence-electron chi connectivity index (χ0n) is 24.4. The molecule has 0 amide bonds. The first-order chi connectivity index (χ1) is 21.4. The SMILES string of the molecule is CCOC(=O)C1=C(C)N=c2s/c(=C\c3cc(I)c(OCc4ccccc4)c(OC)c3)c(=O)n2[C@@H]1c1cccc2ccccc12. The minimum Gasteiger partial charge on any atom is -0.493 e. The molecule has 4 aromatic carbocycles. The Labute approximate surface area is 271 Å². The molecule has 7 nitrogen and oxygen atoms in total. The third-order valence-electron chi connectivity index (χ3n) is 7.41. The molecule has 0 N–H and O–H groups in total. The van der Waals surface area contributed by atoms with Crippen LogP contribution in [0.5, 0.6) is 11.5 Å². The number of hydrogen-bond donors (Lipinski definition) is 0. The fourth-order valence-electron chi connectivity index (χ4n) is 5.42. The first-order valence-corrected chi connectivity index (χ1v) is 16.0. The molecule has 0 unspecified atom stereocenters. The van der Waals surface area contributed by atoms with E-state index in [1.54, 1.807) is 25.5 Å². The average molecular weight is 717 g/mol. The summed E-state index contributed by atoms with van der Waals surface area (Å²) in [6, 6.07) is 26.9. The van der Waals surface area contributed by atoms with Gasteiger partial charge in [-0.3, -0.25) is 9.36 Å². The van der Waals surface area contributed by atoms with Gasteiger partial charge in [-0.15, -0.1) is 0 Å². The minimum atomic E-state index is -0.693. The van der Waals surface area contributed by atoms with Gasteiger partial charge in [0.05, 0.1) is 39.1 Å². The highest BCUT2D eigenvalue weighted by Gasteiger charge is 2.34. The fraction of sp³-hybridized carbons (Fsp3) is 0.171. The number of allylic oxidation sites excluding steroid dienone is 1. The van der Waals surface area contributed by atoms with Gasteiger partial charge < -0.3 is 14.2 Å². The molecule has 0 spiro atoms. The number of benzene rings is 4. The van der Waals surface area contributed by atoms with Crippen LogP contribution in [-0.2, 0) is 16.1 Å². The molecule has 0 fully saturated rings. The number of methoxy groups -OCH3 is 1. The topological polar surface area (TPSA) is 79.1 Å². The first kappa shape index (κ1) is 29.8. The van der Waals surface area contributed by atoms with Gasteiger partial charge in [-0.05, 0) is 82.1 Å². The molecule has 0 saturated carbocycles. The maximum atomic E-state index is 14.2. The third kappa shape index (κ3) is 5.69. The van der Waals surface area contributed by atoms with Gasteiger partial charge in [0.2, 0.25) is 0 Å². The van der Waals surface area contributed by atoms with Crippen LogP contribution >= 0.6 is 33.9 Å². The summed E-state index contributed by atoms with van der Waals surface area (Å²) in [5, 5.41) is 1.97. The Morgan fingerprint density at radius 1 is 1.05 bits per heavy atom. The van der Waals surface area contributed by atoms with E-state index >= 15 is 0 Å². The Kier molecular flexibility index (Phi) is 8.67. The quantitative estimate of drug-likeness (QED) is 0.143. The summed E-state index contributed by atoms with van der Waals surface area (Å²) in [5.41, 5.74) is 3.33. The summed E-state index contributed by atoms with van der Waals surface area (Å²) < 4.78 is 20.3. The van der Waals surface area contributed by atoms with Crippen LogP contribution in [0.4, 0.5) is 0 Å². The standard InChI is InChI=1S/C35H29IN2O5S/c1-4-42-34(40)30-21(2)37-35-38(31(30)26-16-10-14-24-13-8-9-15-25(24)26)33(39)29(44-35)19-23-17-27(36)32(28(18-23)41-3)43-20-22-11-6-5-7-12-22/h5-19,31H,4,20H2,1-3H3/b29-19-/t31-/m1/s1. The predicted molar refractivity (Wildman–Crippen MR) is 181 cm³/mol. The number of nitrogens with zero attached hydrogens (tertiary/aromatic N) is 2. The second-order valence-corrected chi connectivity index (χ2v) is 12.4. The lowest BCUT2D eigenvalue weighted by Gasteiger charge is -2.25. The number of thiazole rings is 1. The highest BCUT2D eigenvalue weighted by atomic mass is 127. The number of halogens is 1. The van der Waals surface area contributed by atoms with Crippen LogP contribution < -0.4 is 24.4 Å². The first-order valence-electron chi connectivity index (χ1n) is 14.1. The number of carbonyl (C=O) groups is 1. The molecular formula is C35H29IN2O5S. The molecule has 2 heterocycles. The molecule has 1 aliphatic heterocycles. The van der Waals surface area contributed by atoms with Gasteiger partial charge in [-0.1, -0.05) is 84.1 Å². The molecule has 1 aliphatic rings. The molecule has 1 atom stereocenters. The normalized spacial score (nSPS) is 14.7. The molecule has 222 valence electrons. The average Bonchev–Trinajstić information content (AvgIpc) is 3.33. The van der Waals surface area contributed by atoms with E-state index in [0.717, 1.165) is 31.0 Å². The Hall–Kier alpha value is -4.22. The van der Waals surface area contributed by atoms with Crippen molar-refractivity contribution in [2.45, 2.75) is 26.5 Å². The van der Waals surface area contributed by atoms with Gasteiger partial charge in [0, 0.05) is 0 Å². The Morgan fingerprint density at radius 3 is 2.57 bits per heavy atom. The van der Waals surface area contributed by atoms with Crippen molar-refractivity contribution in [2.75, 3.05) is 13.7 Å². The summed E-state index contributed by atoms with van der Waals surface area (Å²) in [6.45, 7) is 4.18. The lowest BCUT2D eigenvalue weighted by molar-refractivity contribution is -0.139. The number of esters is 1. The van der Waals surface area contributed by atoms with Crippen molar-refractivity contribution in [1.29, 1.82) is 0 Å². The second kappa shape index (κ2) is 12.8. The summed E-state index contributed by atoms with van der Waals surface area (Å²) in [5.74, 6) is 0.730. The summed E-state index contributed by atoms with van der Waals surface area (Å²) in [6.07, 6.45) is 1.83. The van der Waals surface area contributed by atoms with Crippen LogP contribution in [-0.4, -0.2) is 24.3 Å². The van der Waals surface area contributed by atoms with E-state index in [9.17, 15) is 9.59 Å². The molecule has 44 heavy (non-hydrogen) atoms. The largest absolute Gasteiger partial charge is 0.493 e. The molecule has 0 bridgehead atoms. The lowest BCUT2D eigenvalue weighted by atomic mass is 9.91. The molecule has 0 radical (unpaired) electrons. The lowest BCUT2D eigenvalue weighted by Crippen LogP contribution is -2.40. The zero-order valence-corrected chi connectivity index (χ0v) is 27.3. The van der Waals surface area contributed by atoms with E-state index < -0.39 is 12.0 Å². The van der Waals surface area contributed by atoms with Gasteiger partial charge in [-0.2, -0.15) is 0 Å². The Morgan fingerprint density at radius 2 is 1.80 bits per heavy atom. The van der Waals surface area contributed by atoms with Gasteiger partial charge in [0.1, 0.15) is 6.61 Å². The van der Waals surface area contributed by atoms with Crippen LogP contribution in [0, 0.1) is 3.57 Å². The molecule has 9 heteroatoms. The number of aromatic nitrogens is 1. The second-order valence-electron chi connectivity index (χ2n) is 10.2. The predicted octanol–water partition coefficient (Wildman–Crippen LogP) is 6.14. The maximum Gasteiger partial charge on any atom is 0.338 e. The van der Waals surface area contributed by atoms with Crippen LogP contribution in [0.2, 0.25) is 0 Å². The van der Waals surface area contributed by atoms with Crippen molar-refractivity contribution in [1.82, 2.24) is 4.57 Å². The van der Waals surface area contributed by atoms with E-state index in [-0.39, 0.29) is 12.2 Å². The Bertz CT molecular complexity index is 2090. The molecule has 1 aromatic heterocycles. The van der Waals surface area contributed by atoms with Crippen molar-refractivity contribution in [3.8, 4) is 11.5 Å². The highest BCUT2D eigenvalue weighted by molar-refractivity contribution is 14.1. The number of fused-ring (bicyclic) bond motifs is 2. The monoisotopic (exact) mass is 716 g/mol. The van der Waals surface area contributed by atoms with Crippen molar-refractivity contribution >= 4 is 56.7 Å². The number of ether oxygens (including phenoxy) is 3. The maximum absolute atomic E-state index is 14.2. The number of rotatable bonds is 8. The van der Waals surface area contributed by atoms with E-state index in [0.29, 0.717) is 38.7 Å². The van der Waals surface area contributed by atoms with E-state index in [1.165, 1.54) is 11.3 Å². The van der Waals surface area contributed by atoms with Crippen LogP contribution in [0.3, 0.4) is 0 Å². The Balaban J connectivity index is 1.47. The van der Waals surface area contributed by atoms with Gasteiger partial charge >= 0.3 is 5.97 Å². The van der Waals surface area contributed by atoms with Gasteiger partial charge in [-0.25, -0.2) is 9.79 Å². The van der Waals surface area contributed by atoms with Gasteiger partial charge in [0.25, 0.3) is 5.56 Å². The molecular weight excluding hydrogens is 687 g/mol. The summed E-state index contributed by atoms with van der Waals surface area (Å²) in [4.78, 5) is 32.8. The van der Waals surface area contributed by atoms with E-state index in [4.69, 9.17) is 19.2 Å². The van der Waals surface area contributed by atoms with E-state index in [2.05, 4.69) is 22.6 Å². The highest BCUT2D eigenvalue weighted by Crippen LogP contribution is 2.36. The smallest absolute Gasteiger partial charge is 0.338 e. The van der Waals surface area contributed by atoms with Crippen LogP contribution in [0.15, 0.2) is 106 Å². The fourth-order valence-corrected chi connectivity index (χ4v) is 7.25. The number of carbonyl (C=O) groups excluding carboxylic acids is 1. The molecule has 5 aromatic rings. The van der Waals surface area contributed by atoms with E-state index in [1.807, 2.05) is 91.0 Å². The molecule has 0 aliphatic carbocycles. The van der Waals surface area contributed by atoms with Crippen LogP contribution in [0.25, 0.3) is 16.8 Å². The summed E-state index contributed by atoms with van der Waals surface area (Å²) in [7, 11) is 1.60. The number of hydrogen-bond acceptors (Lipinski definition) is 7. The zero-order chi connectivity index (χ0) is 30.8. The molecule has 6 rings (SSSR count). The third-order valence-corrected chi connectivity index (χ3v) is 9.19. The summed E-state index contributed by atoms with van der Waals surface area (Å²) >= 11 is 3.51. The van der Waals surface area contributed by atoms with Crippen molar-refractivity contribution < 1.29 is 19.0 Å².